The van der Waals surface area contributed by atoms with E-state index in [0.717, 1.165) is 16.7 Å². The van der Waals surface area contributed by atoms with Crippen LogP contribution in [0.15, 0.2) is 71.6 Å². The topological polar surface area (TPSA) is 81.6 Å². The van der Waals surface area contributed by atoms with Crippen molar-refractivity contribution in [3.8, 4) is 0 Å². The smallest absolute Gasteiger partial charge is 0.224 e. The van der Waals surface area contributed by atoms with Crippen LogP contribution in [0, 0.1) is 5.92 Å². The van der Waals surface area contributed by atoms with E-state index in [0.29, 0.717) is 43.6 Å². The van der Waals surface area contributed by atoms with E-state index < -0.39 is 24.2 Å². The van der Waals surface area contributed by atoms with Crippen LogP contribution in [0.5, 0.6) is 0 Å². The van der Waals surface area contributed by atoms with E-state index in [-0.39, 0.29) is 5.91 Å². The average molecular weight is 589 g/mol. The summed E-state index contributed by atoms with van der Waals surface area (Å²) in [6.45, 7) is 13.8. The van der Waals surface area contributed by atoms with Gasteiger partial charge in [-0.2, -0.15) is 0 Å². The van der Waals surface area contributed by atoms with Gasteiger partial charge in [-0.1, -0.05) is 108 Å². The quantitative estimate of drug-likeness (QED) is 0.161. The molecule has 3 aromatic rings. The maximum atomic E-state index is 13.7. The number of rotatable bonds is 13. The van der Waals surface area contributed by atoms with Crippen LogP contribution in [-0.4, -0.2) is 34.9 Å². The summed E-state index contributed by atoms with van der Waals surface area (Å²) in [5, 5.41) is 25.0. The summed E-state index contributed by atoms with van der Waals surface area (Å²) in [5.74, 6) is 0.646. The number of carbonyl (C=O) groups excluding carboxylic acids is 1. The predicted octanol–water partition coefficient (Wildman–Crippen LogP) is 7.04. The fourth-order valence-corrected chi connectivity index (χ4v) is 7.07. The van der Waals surface area contributed by atoms with Gasteiger partial charge in [0.25, 0.3) is 0 Å². The molecule has 0 aliphatic heterocycles. The first-order valence-electron chi connectivity index (χ1n) is 15.4. The van der Waals surface area contributed by atoms with E-state index >= 15 is 0 Å². The van der Waals surface area contributed by atoms with E-state index in [9.17, 15) is 15.0 Å². The summed E-state index contributed by atoms with van der Waals surface area (Å²) in [4.78, 5) is 14.9. The predicted molar refractivity (Wildman–Crippen MR) is 174 cm³/mol. The molecule has 0 radical (unpaired) electrons. The highest BCUT2D eigenvalue weighted by Gasteiger charge is 2.34. The molecule has 4 unspecified atom stereocenters. The molecule has 0 bridgehead atoms. The monoisotopic (exact) mass is 588 g/mol. The molecular formula is C36H48N2O3S. The van der Waals surface area contributed by atoms with Crippen molar-refractivity contribution in [3.63, 3.8) is 0 Å². The van der Waals surface area contributed by atoms with Gasteiger partial charge >= 0.3 is 0 Å². The maximum Gasteiger partial charge on any atom is 0.224 e. The summed E-state index contributed by atoms with van der Waals surface area (Å²) in [6.07, 6.45) is 0.00619. The Morgan fingerprint density at radius 1 is 0.905 bits per heavy atom. The number of amides is 1. The van der Waals surface area contributed by atoms with Gasteiger partial charge in [0.05, 0.1) is 18.2 Å². The maximum absolute atomic E-state index is 13.7. The van der Waals surface area contributed by atoms with Gasteiger partial charge in [0.2, 0.25) is 5.91 Å². The normalized spacial score (nSPS) is 18.0. The van der Waals surface area contributed by atoms with Crippen molar-refractivity contribution in [3.05, 3.63) is 100 Å². The molecule has 42 heavy (non-hydrogen) atoms. The lowest BCUT2D eigenvalue weighted by molar-refractivity contribution is -0.127. The highest BCUT2D eigenvalue weighted by Crippen LogP contribution is 2.37. The third kappa shape index (κ3) is 8.04. The Morgan fingerprint density at radius 3 is 2.14 bits per heavy atom. The minimum atomic E-state index is -0.710. The van der Waals surface area contributed by atoms with Gasteiger partial charge in [0.1, 0.15) is 0 Å². The second-order valence-corrected chi connectivity index (χ2v) is 13.6. The molecule has 1 amide bonds. The van der Waals surface area contributed by atoms with E-state index in [1.54, 1.807) is 11.9 Å². The van der Waals surface area contributed by atoms with Crippen LogP contribution < -0.4 is 10.0 Å². The first kappa shape index (κ1) is 32.3. The first-order valence-corrected chi connectivity index (χ1v) is 16.2. The SMILES string of the molecule is CC(C)c1cc(C(C)C)c(SNCC(O)CC(Cc2ccccc2)C(=O)NC2c3ccccc3CC2O)c(C(C)C)c1. The second kappa shape index (κ2) is 14.7. The molecule has 6 heteroatoms. The Kier molecular flexibility index (Phi) is 11.3. The Balaban J connectivity index is 1.46. The van der Waals surface area contributed by atoms with E-state index in [4.69, 9.17) is 0 Å². The summed E-state index contributed by atoms with van der Waals surface area (Å²) in [6, 6.07) is 22.0. The molecule has 4 rings (SSSR count). The molecule has 0 fully saturated rings. The lowest BCUT2D eigenvalue weighted by Crippen LogP contribution is -2.40. The van der Waals surface area contributed by atoms with Crippen LogP contribution in [-0.2, 0) is 17.6 Å². The lowest BCUT2D eigenvalue weighted by atomic mass is 9.89. The van der Waals surface area contributed by atoms with Crippen LogP contribution in [0.2, 0.25) is 0 Å². The van der Waals surface area contributed by atoms with Crippen LogP contribution in [0.25, 0.3) is 0 Å². The number of carbonyl (C=O) groups is 1. The molecule has 4 atom stereocenters. The van der Waals surface area contributed by atoms with Crippen molar-refractivity contribution < 1.29 is 15.0 Å². The number of benzene rings is 3. The minimum Gasteiger partial charge on any atom is -0.392 e. The zero-order valence-electron chi connectivity index (χ0n) is 25.9. The molecular weight excluding hydrogens is 540 g/mol. The molecule has 0 spiro atoms. The van der Waals surface area contributed by atoms with Gasteiger partial charge in [-0.25, -0.2) is 0 Å². The highest BCUT2D eigenvalue weighted by atomic mass is 32.2. The standard InChI is InChI=1S/C36H48N2O3S/c1-22(2)27-18-31(23(3)4)35(32(19-27)24(5)6)42-37-21-29(39)17-28(16-25-12-8-7-9-13-25)36(41)38-34-30-15-11-10-14-26(30)20-33(34)40/h7-15,18-19,22-24,28-29,33-34,37,39-40H,16-17,20-21H2,1-6H3,(H,38,41). The highest BCUT2D eigenvalue weighted by molar-refractivity contribution is 7.97. The van der Waals surface area contributed by atoms with Crippen molar-refractivity contribution in [1.29, 1.82) is 0 Å². The van der Waals surface area contributed by atoms with E-state index in [1.165, 1.54) is 21.6 Å². The number of aliphatic hydroxyl groups excluding tert-OH is 2. The number of hydrogen-bond acceptors (Lipinski definition) is 5. The summed E-state index contributed by atoms with van der Waals surface area (Å²) >= 11 is 1.59. The molecule has 0 aromatic heterocycles. The third-order valence-electron chi connectivity index (χ3n) is 8.33. The zero-order chi connectivity index (χ0) is 30.4. The summed E-state index contributed by atoms with van der Waals surface area (Å²) < 4.78 is 3.44. The van der Waals surface area contributed by atoms with Crippen molar-refractivity contribution in [2.75, 3.05) is 6.54 Å². The molecule has 0 saturated heterocycles. The Morgan fingerprint density at radius 2 is 1.52 bits per heavy atom. The van der Waals surface area contributed by atoms with Gasteiger partial charge < -0.3 is 15.5 Å². The van der Waals surface area contributed by atoms with E-state index in [1.807, 2.05) is 54.6 Å². The Bertz CT molecular complexity index is 1300. The molecule has 226 valence electrons. The molecule has 0 heterocycles. The largest absolute Gasteiger partial charge is 0.392 e. The van der Waals surface area contributed by atoms with Crippen LogP contribution in [0.1, 0.15) is 105 Å². The Hall–Kier alpha value is -2.64. The number of hydrogen-bond donors (Lipinski definition) is 4. The van der Waals surface area contributed by atoms with Crippen LogP contribution >= 0.6 is 11.9 Å². The number of nitrogens with one attached hydrogen (secondary N) is 2. The molecule has 1 aliphatic carbocycles. The molecule has 5 nitrogen and oxygen atoms in total. The number of aliphatic hydroxyl groups is 2. The third-order valence-corrected chi connectivity index (χ3v) is 9.31. The Labute approximate surface area is 256 Å². The summed E-state index contributed by atoms with van der Waals surface area (Å²) in [5.41, 5.74) is 7.10. The van der Waals surface area contributed by atoms with Gasteiger partial charge in [-0.15, -0.1) is 0 Å². The van der Waals surface area contributed by atoms with Crippen molar-refractivity contribution in [1.82, 2.24) is 10.0 Å². The number of fused-ring (bicyclic) bond motifs is 1. The molecule has 0 saturated carbocycles. The van der Waals surface area contributed by atoms with Crippen molar-refractivity contribution in [2.45, 2.75) is 102 Å². The fourth-order valence-electron chi connectivity index (χ4n) is 5.83. The van der Waals surface area contributed by atoms with E-state index in [2.05, 4.69) is 63.7 Å². The second-order valence-electron chi connectivity index (χ2n) is 12.7. The average Bonchev–Trinajstić information content (AvgIpc) is 3.27. The van der Waals surface area contributed by atoms with Gasteiger partial charge in [0.15, 0.2) is 0 Å². The summed E-state index contributed by atoms with van der Waals surface area (Å²) in [7, 11) is 0. The lowest BCUT2D eigenvalue weighted by Gasteiger charge is -2.25. The van der Waals surface area contributed by atoms with Gasteiger partial charge in [-0.3, -0.25) is 9.52 Å². The minimum absolute atomic E-state index is 0.139. The van der Waals surface area contributed by atoms with Gasteiger partial charge in [-0.05, 0) is 75.9 Å². The molecule has 4 N–H and O–H groups in total. The van der Waals surface area contributed by atoms with Crippen LogP contribution in [0.3, 0.4) is 0 Å². The fraction of sp³-hybridized carbons (Fsp3) is 0.472. The van der Waals surface area contributed by atoms with Gasteiger partial charge in [0, 0.05) is 23.8 Å². The zero-order valence-corrected chi connectivity index (χ0v) is 26.7. The molecule has 1 aliphatic rings. The van der Waals surface area contributed by atoms with Crippen molar-refractivity contribution in [2.24, 2.45) is 5.92 Å². The van der Waals surface area contributed by atoms with Crippen molar-refractivity contribution >= 4 is 17.9 Å². The van der Waals surface area contributed by atoms with Crippen LogP contribution in [0.4, 0.5) is 0 Å². The molecule has 3 aromatic carbocycles. The first-order chi connectivity index (χ1) is 20.0.